The second kappa shape index (κ2) is 7.64. The van der Waals surface area contributed by atoms with Gasteiger partial charge in [-0.1, -0.05) is 57.2 Å². The van der Waals surface area contributed by atoms with Crippen LogP contribution < -0.4 is 9.47 Å². The Hall–Kier alpha value is -2.29. The minimum atomic E-state index is -0.390. The zero-order valence-corrected chi connectivity index (χ0v) is 13.3. The third-order valence-electron chi connectivity index (χ3n) is 3.46. The van der Waals surface area contributed by atoms with Gasteiger partial charge in [-0.15, -0.1) is 0 Å². The summed E-state index contributed by atoms with van der Waals surface area (Å²) in [4.78, 5) is 12.0. The topological polar surface area (TPSA) is 35.5 Å². The van der Waals surface area contributed by atoms with Crippen molar-refractivity contribution in [1.82, 2.24) is 0 Å². The van der Waals surface area contributed by atoms with E-state index in [-0.39, 0.29) is 12.6 Å². The van der Waals surface area contributed by atoms with Crippen LogP contribution in [0.15, 0.2) is 48.5 Å². The molecule has 3 heteroatoms. The number of hydrogen-bond acceptors (Lipinski definition) is 3. The minimum absolute atomic E-state index is 0.0938. The molecule has 0 radical (unpaired) electrons. The molecule has 0 heterocycles. The van der Waals surface area contributed by atoms with Gasteiger partial charge in [0.2, 0.25) is 0 Å². The van der Waals surface area contributed by atoms with Gasteiger partial charge in [0.25, 0.3) is 0 Å². The molecule has 0 aliphatic heterocycles. The van der Waals surface area contributed by atoms with Gasteiger partial charge in [-0.2, -0.15) is 0 Å². The number of carbonyl (C=O) groups is 1. The fourth-order valence-corrected chi connectivity index (χ4v) is 2.28. The number of rotatable bonds is 6. The highest BCUT2D eigenvalue weighted by Gasteiger charge is 2.12. The summed E-state index contributed by atoms with van der Waals surface area (Å²) in [5.74, 6) is 1.25. The monoisotopic (exact) mass is 298 g/mol. The van der Waals surface area contributed by atoms with Gasteiger partial charge < -0.3 is 9.47 Å². The molecule has 0 amide bonds. The highest BCUT2D eigenvalue weighted by molar-refractivity contribution is 5.74. The van der Waals surface area contributed by atoms with Crippen LogP contribution >= 0.6 is 0 Å². The van der Waals surface area contributed by atoms with Crippen molar-refractivity contribution < 1.29 is 14.3 Å². The zero-order chi connectivity index (χ0) is 15.9. The van der Waals surface area contributed by atoms with Crippen LogP contribution in [0.4, 0.5) is 0 Å². The third-order valence-corrected chi connectivity index (χ3v) is 3.46. The van der Waals surface area contributed by atoms with Crippen molar-refractivity contribution >= 4 is 5.97 Å². The summed E-state index contributed by atoms with van der Waals surface area (Å²) in [5, 5.41) is 0. The van der Waals surface area contributed by atoms with E-state index in [1.807, 2.05) is 48.5 Å². The van der Waals surface area contributed by atoms with E-state index in [0.717, 1.165) is 23.3 Å². The second-order valence-corrected chi connectivity index (χ2v) is 5.42. The quantitative estimate of drug-likeness (QED) is 0.587. The van der Waals surface area contributed by atoms with E-state index in [1.54, 1.807) is 0 Å². The van der Waals surface area contributed by atoms with E-state index >= 15 is 0 Å². The number of aryl methyl sites for hydroxylation is 1. The molecular formula is C19H22O3. The summed E-state index contributed by atoms with van der Waals surface area (Å²) in [6.07, 6.45) is 0.863. The van der Waals surface area contributed by atoms with E-state index in [9.17, 15) is 4.79 Å². The first-order valence-electron chi connectivity index (χ1n) is 7.62. The molecule has 3 nitrogen and oxygen atoms in total. The number of carbonyl (C=O) groups excluding carboxylic acids is 1. The lowest BCUT2D eigenvalue weighted by Gasteiger charge is -2.13. The van der Waals surface area contributed by atoms with Crippen molar-refractivity contribution in [2.24, 2.45) is 0 Å². The third kappa shape index (κ3) is 4.10. The standard InChI is InChI=1S/C19H22O3/c1-4-15-9-5-7-11-17(15)21-13-19(20)22-18-12-8-6-10-16(18)14(2)3/h5-12,14H,4,13H2,1-3H3. The fraction of sp³-hybridized carbons (Fsp3) is 0.316. The Kier molecular flexibility index (Phi) is 5.59. The van der Waals surface area contributed by atoms with Crippen LogP contribution in [0.1, 0.15) is 37.8 Å². The molecule has 0 atom stereocenters. The molecule has 0 aliphatic carbocycles. The molecule has 22 heavy (non-hydrogen) atoms. The van der Waals surface area contributed by atoms with Crippen molar-refractivity contribution in [3.63, 3.8) is 0 Å². The summed E-state index contributed by atoms with van der Waals surface area (Å²) in [7, 11) is 0. The molecule has 0 N–H and O–H groups in total. The van der Waals surface area contributed by atoms with Gasteiger partial charge in [-0.05, 0) is 35.6 Å². The first-order valence-corrected chi connectivity index (χ1v) is 7.62. The molecule has 2 aromatic carbocycles. The largest absolute Gasteiger partial charge is 0.482 e. The maximum Gasteiger partial charge on any atom is 0.349 e. The van der Waals surface area contributed by atoms with E-state index in [0.29, 0.717) is 11.7 Å². The molecule has 0 unspecified atom stereocenters. The Labute approximate surface area is 131 Å². The lowest BCUT2D eigenvalue weighted by Crippen LogP contribution is -2.19. The van der Waals surface area contributed by atoms with Crippen molar-refractivity contribution in [2.75, 3.05) is 6.61 Å². The minimum Gasteiger partial charge on any atom is -0.482 e. The molecular weight excluding hydrogens is 276 g/mol. The molecule has 0 bridgehead atoms. The van der Waals surface area contributed by atoms with Gasteiger partial charge >= 0.3 is 5.97 Å². The maximum atomic E-state index is 12.0. The molecule has 0 saturated carbocycles. The Morgan fingerprint density at radius 2 is 1.64 bits per heavy atom. The van der Waals surface area contributed by atoms with Gasteiger partial charge in [0.05, 0.1) is 0 Å². The molecule has 0 aromatic heterocycles. The van der Waals surface area contributed by atoms with Gasteiger partial charge in [0, 0.05) is 0 Å². The van der Waals surface area contributed by atoms with Crippen LogP contribution in [0.3, 0.4) is 0 Å². The first kappa shape index (κ1) is 16.1. The number of benzene rings is 2. The molecule has 0 saturated heterocycles. The van der Waals surface area contributed by atoms with E-state index in [4.69, 9.17) is 9.47 Å². The van der Waals surface area contributed by atoms with Crippen LogP contribution in [-0.4, -0.2) is 12.6 Å². The predicted molar refractivity (Wildman–Crippen MR) is 87.5 cm³/mol. The summed E-state index contributed by atoms with van der Waals surface area (Å²) in [6.45, 7) is 6.10. The van der Waals surface area contributed by atoms with Crippen molar-refractivity contribution in [3.05, 3.63) is 59.7 Å². The Morgan fingerprint density at radius 3 is 2.32 bits per heavy atom. The molecule has 0 aliphatic rings. The summed E-state index contributed by atoms with van der Waals surface area (Å²) >= 11 is 0. The first-order chi connectivity index (χ1) is 10.6. The van der Waals surface area contributed by atoms with E-state index in [1.165, 1.54) is 0 Å². The number of para-hydroxylation sites is 2. The normalized spacial score (nSPS) is 10.5. The van der Waals surface area contributed by atoms with Crippen molar-refractivity contribution in [3.8, 4) is 11.5 Å². The van der Waals surface area contributed by atoms with Gasteiger partial charge in [-0.3, -0.25) is 0 Å². The molecule has 0 fully saturated rings. The molecule has 116 valence electrons. The highest BCUT2D eigenvalue weighted by atomic mass is 16.6. The SMILES string of the molecule is CCc1ccccc1OCC(=O)Oc1ccccc1C(C)C. The van der Waals surface area contributed by atoms with Gasteiger partial charge in [-0.25, -0.2) is 4.79 Å². The van der Waals surface area contributed by atoms with E-state index in [2.05, 4.69) is 20.8 Å². The number of ether oxygens (including phenoxy) is 2. The second-order valence-electron chi connectivity index (χ2n) is 5.42. The Morgan fingerprint density at radius 1 is 1.00 bits per heavy atom. The van der Waals surface area contributed by atoms with Gasteiger partial charge in [0.1, 0.15) is 11.5 Å². The van der Waals surface area contributed by atoms with Crippen LogP contribution in [0, 0.1) is 0 Å². The number of esters is 1. The maximum absolute atomic E-state index is 12.0. The van der Waals surface area contributed by atoms with Crippen LogP contribution in [-0.2, 0) is 11.2 Å². The Balaban J connectivity index is 1.99. The van der Waals surface area contributed by atoms with Crippen LogP contribution in [0.25, 0.3) is 0 Å². The summed E-state index contributed by atoms with van der Waals surface area (Å²) < 4.78 is 11.0. The average molecular weight is 298 g/mol. The smallest absolute Gasteiger partial charge is 0.349 e. The van der Waals surface area contributed by atoms with Crippen molar-refractivity contribution in [1.29, 1.82) is 0 Å². The van der Waals surface area contributed by atoms with Crippen LogP contribution in [0.2, 0.25) is 0 Å². The highest BCUT2D eigenvalue weighted by Crippen LogP contribution is 2.26. The lowest BCUT2D eigenvalue weighted by atomic mass is 10.0. The molecule has 0 spiro atoms. The van der Waals surface area contributed by atoms with E-state index < -0.39 is 0 Å². The van der Waals surface area contributed by atoms with Crippen molar-refractivity contribution in [2.45, 2.75) is 33.1 Å². The average Bonchev–Trinajstić information content (AvgIpc) is 2.53. The number of hydrogen-bond donors (Lipinski definition) is 0. The molecule has 2 rings (SSSR count). The summed E-state index contributed by atoms with van der Waals surface area (Å²) in [6, 6.07) is 15.3. The lowest BCUT2D eigenvalue weighted by molar-refractivity contribution is -0.136. The van der Waals surface area contributed by atoms with Gasteiger partial charge in [0.15, 0.2) is 6.61 Å². The summed E-state index contributed by atoms with van der Waals surface area (Å²) in [5.41, 5.74) is 2.10. The fourth-order valence-electron chi connectivity index (χ4n) is 2.28. The Bertz CT molecular complexity index is 632. The predicted octanol–water partition coefficient (Wildman–Crippen LogP) is 4.36. The molecule has 2 aromatic rings. The zero-order valence-electron chi connectivity index (χ0n) is 13.3. The van der Waals surface area contributed by atoms with Crippen LogP contribution in [0.5, 0.6) is 11.5 Å².